The van der Waals surface area contributed by atoms with Crippen LogP contribution in [0, 0.1) is 0 Å². The zero-order valence-electron chi connectivity index (χ0n) is 17.9. The van der Waals surface area contributed by atoms with E-state index in [1.807, 2.05) is 36.4 Å². The molecule has 0 amide bonds. The highest BCUT2D eigenvalue weighted by Crippen LogP contribution is 2.41. The summed E-state index contributed by atoms with van der Waals surface area (Å²) < 4.78 is 0. The zero-order chi connectivity index (χ0) is 21.8. The Morgan fingerprint density at radius 2 is 1.06 bits per heavy atom. The first kappa shape index (κ1) is 20.0. The molecule has 2 nitrogen and oxygen atoms in total. The van der Waals surface area contributed by atoms with Crippen molar-refractivity contribution in [2.75, 3.05) is 4.90 Å². The molecular formula is C30H26N2. The van der Waals surface area contributed by atoms with Gasteiger partial charge >= 0.3 is 0 Å². The van der Waals surface area contributed by atoms with E-state index in [0.29, 0.717) is 0 Å². The average Bonchev–Trinajstić information content (AvgIpc) is 2.87. The van der Waals surface area contributed by atoms with Gasteiger partial charge in [0, 0.05) is 23.0 Å². The first-order valence-electron chi connectivity index (χ1n) is 11.0. The van der Waals surface area contributed by atoms with Crippen molar-refractivity contribution in [2.45, 2.75) is 11.5 Å². The molecule has 4 aromatic carbocycles. The van der Waals surface area contributed by atoms with Gasteiger partial charge in [0.15, 0.2) is 0 Å². The Balaban J connectivity index is 1.53. The topological polar surface area (TPSA) is 29.3 Å². The van der Waals surface area contributed by atoms with Gasteiger partial charge in [-0.2, -0.15) is 0 Å². The van der Waals surface area contributed by atoms with Crippen molar-refractivity contribution in [1.82, 2.24) is 0 Å². The number of benzene rings is 4. The molecule has 2 N–H and O–H groups in total. The van der Waals surface area contributed by atoms with E-state index in [1.165, 1.54) is 5.56 Å². The van der Waals surface area contributed by atoms with E-state index in [1.54, 1.807) is 0 Å². The first-order chi connectivity index (χ1) is 15.8. The normalized spacial score (nSPS) is 19.6. The molecule has 0 radical (unpaired) electrons. The fraction of sp³-hybridized carbons (Fsp3) is 0.0667. The van der Waals surface area contributed by atoms with Crippen LogP contribution in [0.25, 0.3) is 0 Å². The number of allylic oxidation sites excluding steroid dienone is 2. The second-order valence-corrected chi connectivity index (χ2v) is 8.12. The van der Waals surface area contributed by atoms with E-state index in [0.717, 1.165) is 22.6 Å². The van der Waals surface area contributed by atoms with Crippen molar-refractivity contribution in [3.05, 3.63) is 151 Å². The van der Waals surface area contributed by atoms with E-state index in [9.17, 15) is 0 Å². The van der Waals surface area contributed by atoms with Gasteiger partial charge in [-0.05, 0) is 47.5 Å². The second kappa shape index (κ2) is 8.70. The molecule has 1 aliphatic carbocycles. The molecule has 2 heteroatoms. The van der Waals surface area contributed by atoms with Crippen molar-refractivity contribution in [1.29, 1.82) is 0 Å². The summed E-state index contributed by atoms with van der Waals surface area (Å²) in [4.78, 5) is 2.27. The molecule has 0 spiro atoms. The van der Waals surface area contributed by atoms with Crippen molar-refractivity contribution in [3.63, 3.8) is 0 Å². The molecule has 32 heavy (non-hydrogen) atoms. The van der Waals surface area contributed by atoms with E-state index >= 15 is 0 Å². The fourth-order valence-corrected chi connectivity index (χ4v) is 4.47. The smallest absolute Gasteiger partial charge is 0.0703 e. The molecule has 156 valence electrons. The average molecular weight is 415 g/mol. The Labute approximate surface area is 190 Å². The molecule has 5 rings (SSSR count). The lowest BCUT2D eigenvalue weighted by Crippen LogP contribution is -2.41. The summed E-state index contributed by atoms with van der Waals surface area (Å²) in [6.45, 7) is 0. The molecule has 0 fully saturated rings. The second-order valence-electron chi connectivity index (χ2n) is 8.12. The van der Waals surface area contributed by atoms with Gasteiger partial charge in [0.2, 0.25) is 0 Å². The summed E-state index contributed by atoms with van der Waals surface area (Å²) >= 11 is 0. The number of rotatable bonds is 5. The lowest BCUT2D eigenvalue weighted by molar-refractivity contribution is 0.496. The monoisotopic (exact) mass is 414 g/mol. The first-order valence-corrected chi connectivity index (χ1v) is 11.0. The zero-order valence-corrected chi connectivity index (χ0v) is 17.9. The Hall–Kier alpha value is -3.88. The lowest BCUT2D eigenvalue weighted by atomic mass is 9.73. The maximum Gasteiger partial charge on any atom is 0.0703 e. The molecule has 0 bridgehead atoms. The van der Waals surface area contributed by atoms with Crippen molar-refractivity contribution < 1.29 is 0 Å². The molecule has 2 unspecified atom stereocenters. The molecular weight excluding hydrogens is 388 g/mol. The van der Waals surface area contributed by atoms with Gasteiger partial charge in [-0.15, -0.1) is 0 Å². The van der Waals surface area contributed by atoms with E-state index in [-0.39, 0.29) is 5.92 Å². The van der Waals surface area contributed by atoms with Gasteiger partial charge in [-0.3, -0.25) is 0 Å². The minimum atomic E-state index is -0.573. The predicted octanol–water partition coefficient (Wildman–Crippen LogP) is 7.22. The van der Waals surface area contributed by atoms with Crippen LogP contribution >= 0.6 is 0 Å². The van der Waals surface area contributed by atoms with Crippen LogP contribution in [-0.2, 0) is 5.54 Å². The summed E-state index contributed by atoms with van der Waals surface area (Å²) in [7, 11) is 0. The van der Waals surface area contributed by atoms with Crippen LogP contribution in [0.5, 0.6) is 0 Å². The van der Waals surface area contributed by atoms with Crippen LogP contribution in [-0.4, -0.2) is 0 Å². The van der Waals surface area contributed by atoms with Crippen LogP contribution in [0.4, 0.5) is 17.1 Å². The standard InChI is InChI=1S/C30H26N2/c31-30(25-12-4-1-5-13-25)23-11-10-18-29(30)24-19-21-28(22-20-24)32(26-14-6-2-7-15-26)27-16-8-3-9-17-27/h1-23,29H,31H2. The summed E-state index contributed by atoms with van der Waals surface area (Å²) in [5.74, 6) is 0.0610. The minimum Gasteiger partial charge on any atom is -0.317 e. The number of hydrogen-bond acceptors (Lipinski definition) is 2. The number of para-hydroxylation sites is 2. The SMILES string of the molecule is NC1(c2ccccc2)C=CC=CC1c1ccc(N(c2ccccc2)c2ccccc2)cc1. The third kappa shape index (κ3) is 3.77. The summed E-state index contributed by atoms with van der Waals surface area (Å²) in [5.41, 5.74) is 12.1. The Morgan fingerprint density at radius 3 is 1.62 bits per heavy atom. The van der Waals surface area contributed by atoms with Gasteiger partial charge < -0.3 is 10.6 Å². The van der Waals surface area contributed by atoms with Gasteiger partial charge in [0.25, 0.3) is 0 Å². The summed E-state index contributed by atoms with van der Waals surface area (Å²) in [5, 5.41) is 0. The maximum absolute atomic E-state index is 6.99. The number of nitrogens with two attached hydrogens (primary N) is 1. The van der Waals surface area contributed by atoms with E-state index in [4.69, 9.17) is 5.73 Å². The highest BCUT2D eigenvalue weighted by Gasteiger charge is 2.35. The molecule has 4 aromatic rings. The molecule has 0 saturated heterocycles. The molecule has 2 atom stereocenters. The van der Waals surface area contributed by atoms with E-state index in [2.05, 4.69) is 108 Å². The Morgan fingerprint density at radius 1 is 0.562 bits per heavy atom. The maximum atomic E-state index is 6.99. The number of anilines is 3. The molecule has 1 aliphatic rings. The Kier molecular flexibility index (Phi) is 5.45. The third-order valence-corrected chi connectivity index (χ3v) is 6.11. The molecule has 0 aromatic heterocycles. The van der Waals surface area contributed by atoms with Crippen LogP contribution < -0.4 is 10.6 Å². The highest BCUT2D eigenvalue weighted by atomic mass is 15.1. The predicted molar refractivity (Wildman–Crippen MR) is 134 cm³/mol. The lowest BCUT2D eigenvalue weighted by Gasteiger charge is -2.36. The van der Waals surface area contributed by atoms with Crippen molar-refractivity contribution in [3.8, 4) is 0 Å². The molecule has 0 aliphatic heterocycles. The molecule has 0 saturated carbocycles. The third-order valence-electron chi connectivity index (χ3n) is 6.11. The minimum absolute atomic E-state index is 0.0610. The van der Waals surface area contributed by atoms with Crippen molar-refractivity contribution in [2.24, 2.45) is 5.73 Å². The van der Waals surface area contributed by atoms with Gasteiger partial charge in [-0.25, -0.2) is 0 Å². The number of hydrogen-bond donors (Lipinski definition) is 1. The van der Waals surface area contributed by atoms with Crippen LogP contribution in [0.2, 0.25) is 0 Å². The van der Waals surface area contributed by atoms with E-state index < -0.39 is 5.54 Å². The largest absolute Gasteiger partial charge is 0.317 e. The Bertz CT molecular complexity index is 1170. The van der Waals surface area contributed by atoms with Crippen LogP contribution in [0.15, 0.2) is 140 Å². The number of nitrogens with zero attached hydrogens (tertiary/aromatic N) is 1. The van der Waals surface area contributed by atoms with Crippen LogP contribution in [0.1, 0.15) is 17.0 Å². The van der Waals surface area contributed by atoms with Gasteiger partial charge in [0.05, 0.1) is 5.54 Å². The van der Waals surface area contributed by atoms with Crippen molar-refractivity contribution >= 4 is 17.1 Å². The van der Waals surface area contributed by atoms with Gasteiger partial charge in [-0.1, -0.05) is 103 Å². The van der Waals surface area contributed by atoms with Gasteiger partial charge in [0.1, 0.15) is 0 Å². The quantitative estimate of drug-likeness (QED) is 0.373. The highest BCUT2D eigenvalue weighted by molar-refractivity contribution is 5.76. The van der Waals surface area contributed by atoms with Crippen LogP contribution in [0.3, 0.4) is 0 Å². The summed E-state index contributed by atoms with van der Waals surface area (Å²) in [6, 6.07) is 40.0. The fourth-order valence-electron chi connectivity index (χ4n) is 4.47. The summed E-state index contributed by atoms with van der Waals surface area (Å²) in [6.07, 6.45) is 8.45. The molecule has 0 heterocycles.